The number of aromatic nitrogens is 2. The number of aliphatic hydroxyl groups excluding tert-OH is 1. The molecule has 0 saturated carbocycles. The zero-order valence-corrected chi connectivity index (χ0v) is 5.57. The van der Waals surface area contributed by atoms with E-state index in [-0.39, 0.29) is 19.1 Å². The summed E-state index contributed by atoms with van der Waals surface area (Å²) in [5.74, 6) is 0.596. The van der Waals surface area contributed by atoms with Gasteiger partial charge >= 0.3 is 0 Å². The summed E-state index contributed by atoms with van der Waals surface area (Å²) in [6.07, 6.45) is 0. The summed E-state index contributed by atoms with van der Waals surface area (Å²) in [6.45, 7) is 0.0592. The van der Waals surface area contributed by atoms with E-state index < -0.39 is 0 Å². The van der Waals surface area contributed by atoms with Crippen LogP contribution in [0.1, 0.15) is 11.8 Å². The van der Waals surface area contributed by atoms with Crippen LogP contribution in [0.15, 0.2) is 4.42 Å². The minimum Gasteiger partial charge on any atom is -0.420 e. The molecule has 0 aliphatic carbocycles. The number of rotatable bonds is 3. The van der Waals surface area contributed by atoms with Gasteiger partial charge in [0.15, 0.2) is 0 Å². The zero-order chi connectivity index (χ0) is 7.40. The lowest BCUT2D eigenvalue weighted by Crippen LogP contribution is -1.85. The van der Waals surface area contributed by atoms with Crippen LogP contribution in [0.2, 0.25) is 0 Å². The molecular formula is C5H8N2O3. The maximum Gasteiger partial charge on any atom is 0.242 e. The van der Waals surface area contributed by atoms with Crippen molar-refractivity contribution in [3.63, 3.8) is 0 Å². The highest BCUT2D eigenvalue weighted by atomic mass is 16.5. The van der Waals surface area contributed by atoms with Gasteiger partial charge in [0.05, 0.1) is 0 Å². The Morgan fingerprint density at radius 1 is 1.50 bits per heavy atom. The van der Waals surface area contributed by atoms with Gasteiger partial charge in [-0.05, 0) is 0 Å². The Hall–Kier alpha value is -0.940. The van der Waals surface area contributed by atoms with Gasteiger partial charge in [0, 0.05) is 7.11 Å². The molecule has 0 spiro atoms. The highest BCUT2D eigenvalue weighted by Crippen LogP contribution is 1.99. The SMILES string of the molecule is COCc1nnc(CO)o1. The molecule has 5 nitrogen and oxygen atoms in total. The van der Waals surface area contributed by atoms with E-state index in [1.165, 1.54) is 7.11 Å². The van der Waals surface area contributed by atoms with Crippen molar-refractivity contribution in [1.82, 2.24) is 10.2 Å². The second-order valence-electron chi connectivity index (χ2n) is 1.68. The van der Waals surface area contributed by atoms with Crippen molar-refractivity contribution < 1.29 is 14.3 Å². The Morgan fingerprint density at radius 2 is 2.20 bits per heavy atom. The lowest BCUT2D eigenvalue weighted by atomic mass is 10.7. The first-order chi connectivity index (χ1) is 4.86. The standard InChI is InChI=1S/C5H8N2O3/c1-9-3-5-7-6-4(2-8)10-5/h8H,2-3H2,1H3. The molecule has 1 aromatic rings. The summed E-state index contributed by atoms with van der Waals surface area (Å²) in [7, 11) is 1.53. The largest absolute Gasteiger partial charge is 0.420 e. The molecule has 1 aromatic heterocycles. The number of ether oxygens (including phenoxy) is 1. The molecule has 0 radical (unpaired) electrons. The van der Waals surface area contributed by atoms with E-state index in [9.17, 15) is 0 Å². The van der Waals surface area contributed by atoms with Gasteiger partial charge < -0.3 is 14.3 Å². The Balaban J connectivity index is 2.59. The maximum atomic E-state index is 8.48. The first kappa shape index (κ1) is 7.17. The fourth-order valence-electron chi connectivity index (χ4n) is 0.534. The van der Waals surface area contributed by atoms with Gasteiger partial charge in [-0.2, -0.15) is 0 Å². The van der Waals surface area contributed by atoms with Crippen molar-refractivity contribution >= 4 is 0 Å². The summed E-state index contributed by atoms with van der Waals surface area (Å²) in [5.41, 5.74) is 0. The molecule has 1 heterocycles. The summed E-state index contributed by atoms with van der Waals surface area (Å²) in [5, 5.41) is 15.6. The van der Waals surface area contributed by atoms with Gasteiger partial charge in [-0.3, -0.25) is 0 Å². The summed E-state index contributed by atoms with van der Waals surface area (Å²) in [4.78, 5) is 0. The zero-order valence-electron chi connectivity index (χ0n) is 5.57. The molecule has 56 valence electrons. The predicted molar refractivity (Wildman–Crippen MR) is 30.9 cm³/mol. The number of hydrogen-bond donors (Lipinski definition) is 1. The molecule has 0 aliphatic rings. The van der Waals surface area contributed by atoms with Gasteiger partial charge in [0.2, 0.25) is 11.8 Å². The van der Waals surface area contributed by atoms with Crippen molar-refractivity contribution in [3.8, 4) is 0 Å². The molecular weight excluding hydrogens is 136 g/mol. The average Bonchev–Trinajstić information content (AvgIpc) is 2.37. The molecule has 0 atom stereocenters. The summed E-state index contributed by atoms with van der Waals surface area (Å²) < 4.78 is 9.58. The molecule has 0 fully saturated rings. The Kier molecular flexibility index (Phi) is 2.35. The van der Waals surface area contributed by atoms with Crippen LogP contribution in [-0.4, -0.2) is 22.4 Å². The monoisotopic (exact) mass is 144 g/mol. The third-order valence-corrected chi connectivity index (χ3v) is 0.912. The van der Waals surface area contributed by atoms with Crippen LogP contribution in [-0.2, 0) is 18.0 Å². The highest BCUT2D eigenvalue weighted by molar-refractivity contribution is 4.76. The van der Waals surface area contributed by atoms with E-state index in [1.807, 2.05) is 0 Å². The minimum atomic E-state index is -0.225. The normalized spacial score (nSPS) is 10.2. The molecule has 0 amide bonds. The van der Waals surface area contributed by atoms with Crippen molar-refractivity contribution in [3.05, 3.63) is 11.8 Å². The van der Waals surface area contributed by atoms with E-state index in [2.05, 4.69) is 10.2 Å². The molecule has 10 heavy (non-hydrogen) atoms. The third kappa shape index (κ3) is 1.52. The van der Waals surface area contributed by atoms with Gasteiger partial charge in [-0.15, -0.1) is 10.2 Å². The van der Waals surface area contributed by atoms with E-state index >= 15 is 0 Å². The topological polar surface area (TPSA) is 68.4 Å². The molecule has 1 rings (SSSR count). The van der Waals surface area contributed by atoms with Crippen molar-refractivity contribution in [1.29, 1.82) is 0 Å². The van der Waals surface area contributed by atoms with Gasteiger partial charge in [0.25, 0.3) is 0 Å². The average molecular weight is 144 g/mol. The van der Waals surface area contributed by atoms with Crippen LogP contribution >= 0.6 is 0 Å². The predicted octanol–water partition coefficient (Wildman–Crippen LogP) is -0.292. The maximum absolute atomic E-state index is 8.48. The molecule has 0 aliphatic heterocycles. The quantitative estimate of drug-likeness (QED) is 0.631. The lowest BCUT2D eigenvalue weighted by molar-refractivity contribution is 0.153. The lowest BCUT2D eigenvalue weighted by Gasteiger charge is -1.87. The fraction of sp³-hybridized carbons (Fsp3) is 0.600. The van der Waals surface area contributed by atoms with Crippen LogP contribution in [0.5, 0.6) is 0 Å². The Morgan fingerprint density at radius 3 is 2.70 bits per heavy atom. The van der Waals surface area contributed by atoms with Gasteiger partial charge in [-0.1, -0.05) is 0 Å². The van der Waals surface area contributed by atoms with E-state index in [0.29, 0.717) is 5.89 Å². The van der Waals surface area contributed by atoms with E-state index in [4.69, 9.17) is 14.3 Å². The smallest absolute Gasteiger partial charge is 0.242 e. The second kappa shape index (κ2) is 3.28. The van der Waals surface area contributed by atoms with Crippen LogP contribution in [0.4, 0.5) is 0 Å². The molecule has 0 aromatic carbocycles. The van der Waals surface area contributed by atoms with Crippen molar-refractivity contribution in [2.24, 2.45) is 0 Å². The molecule has 0 unspecified atom stereocenters. The number of nitrogens with zero attached hydrogens (tertiary/aromatic N) is 2. The van der Waals surface area contributed by atoms with Crippen LogP contribution in [0, 0.1) is 0 Å². The van der Waals surface area contributed by atoms with Gasteiger partial charge in [0.1, 0.15) is 13.2 Å². The summed E-state index contributed by atoms with van der Waals surface area (Å²) >= 11 is 0. The molecule has 0 saturated heterocycles. The van der Waals surface area contributed by atoms with Gasteiger partial charge in [-0.25, -0.2) is 0 Å². The van der Waals surface area contributed by atoms with Crippen LogP contribution in [0.25, 0.3) is 0 Å². The molecule has 0 bridgehead atoms. The minimum absolute atomic E-state index is 0.215. The Bertz CT molecular complexity index is 199. The van der Waals surface area contributed by atoms with E-state index in [1.54, 1.807) is 0 Å². The first-order valence-electron chi connectivity index (χ1n) is 2.78. The second-order valence-corrected chi connectivity index (χ2v) is 1.68. The third-order valence-electron chi connectivity index (χ3n) is 0.912. The van der Waals surface area contributed by atoms with Crippen LogP contribution in [0.3, 0.4) is 0 Å². The molecule has 1 N–H and O–H groups in total. The summed E-state index contributed by atoms with van der Waals surface area (Å²) in [6, 6.07) is 0. The Labute approximate surface area is 57.6 Å². The molecule has 5 heteroatoms. The number of methoxy groups -OCH3 is 1. The van der Waals surface area contributed by atoms with Crippen molar-refractivity contribution in [2.45, 2.75) is 13.2 Å². The highest BCUT2D eigenvalue weighted by Gasteiger charge is 2.02. The van der Waals surface area contributed by atoms with E-state index in [0.717, 1.165) is 0 Å². The van der Waals surface area contributed by atoms with Crippen LogP contribution < -0.4 is 0 Å². The fourth-order valence-corrected chi connectivity index (χ4v) is 0.534. The van der Waals surface area contributed by atoms with Crippen molar-refractivity contribution in [2.75, 3.05) is 7.11 Å². The number of hydrogen-bond acceptors (Lipinski definition) is 5. The number of aliphatic hydroxyl groups is 1. The first-order valence-corrected chi connectivity index (χ1v) is 2.78.